The van der Waals surface area contributed by atoms with Crippen LogP contribution in [-0.4, -0.2) is 11.9 Å². The number of benzene rings is 2. The summed E-state index contributed by atoms with van der Waals surface area (Å²) in [6.45, 7) is 2.09. The Morgan fingerprint density at radius 1 is 1.14 bits per heavy atom. The van der Waals surface area contributed by atoms with Crippen LogP contribution in [0.15, 0.2) is 42.5 Å². The van der Waals surface area contributed by atoms with Crippen molar-refractivity contribution in [2.75, 3.05) is 4.90 Å². The van der Waals surface area contributed by atoms with E-state index in [1.54, 1.807) is 17.0 Å². The summed E-state index contributed by atoms with van der Waals surface area (Å²) in [5.41, 5.74) is 8.88. The first-order valence-electron chi connectivity index (χ1n) is 7.15. The fourth-order valence-electron chi connectivity index (χ4n) is 2.77. The first kappa shape index (κ1) is 15.3. The van der Waals surface area contributed by atoms with E-state index < -0.39 is 6.04 Å². The van der Waals surface area contributed by atoms with Crippen LogP contribution in [0.4, 0.5) is 5.69 Å². The number of aryl methyl sites for hydroxylation is 1. The number of β-lactam (4-membered cyclic amide) rings is 1. The maximum absolute atomic E-state index is 12.2. The highest BCUT2D eigenvalue weighted by Crippen LogP contribution is 2.41. The van der Waals surface area contributed by atoms with E-state index in [9.17, 15) is 4.79 Å². The molecule has 2 atom stereocenters. The Bertz CT molecular complexity index is 715. The monoisotopic (exact) mass is 334 g/mol. The van der Waals surface area contributed by atoms with E-state index >= 15 is 0 Å². The summed E-state index contributed by atoms with van der Waals surface area (Å²) >= 11 is 12.2. The summed E-state index contributed by atoms with van der Waals surface area (Å²) in [5.74, 6) is -0.0970. The predicted octanol–water partition coefficient (Wildman–Crippen LogP) is 3.97. The van der Waals surface area contributed by atoms with Crippen LogP contribution in [0.2, 0.25) is 10.0 Å². The highest BCUT2D eigenvalue weighted by Gasteiger charge is 2.47. The summed E-state index contributed by atoms with van der Waals surface area (Å²) in [6.07, 6.45) is 0.959. The van der Waals surface area contributed by atoms with Crippen molar-refractivity contribution < 1.29 is 4.79 Å². The van der Waals surface area contributed by atoms with Gasteiger partial charge in [0.1, 0.15) is 6.04 Å². The highest BCUT2D eigenvalue weighted by atomic mass is 35.5. The quantitative estimate of drug-likeness (QED) is 0.863. The van der Waals surface area contributed by atoms with Crippen molar-refractivity contribution in [3.63, 3.8) is 0 Å². The molecule has 1 saturated heterocycles. The number of carbonyl (C=O) groups excluding carboxylic acids is 1. The van der Waals surface area contributed by atoms with Gasteiger partial charge in [-0.05, 0) is 41.8 Å². The second kappa shape index (κ2) is 5.92. The summed E-state index contributed by atoms with van der Waals surface area (Å²) in [5, 5.41) is 1.09. The topological polar surface area (TPSA) is 46.3 Å². The summed E-state index contributed by atoms with van der Waals surface area (Å²) in [4.78, 5) is 13.9. The van der Waals surface area contributed by atoms with Gasteiger partial charge < -0.3 is 10.6 Å². The first-order chi connectivity index (χ1) is 10.5. The lowest BCUT2D eigenvalue weighted by Gasteiger charge is -2.46. The highest BCUT2D eigenvalue weighted by molar-refractivity contribution is 6.35. The van der Waals surface area contributed by atoms with Crippen LogP contribution in [-0.2, 0) is 11.2 Å². The Morgan fingerprint density at radius 3 is 2.41 bits per heavy atom. The third kappa shape index (κ3) is 2.50. The minimum Gasteiger partial charge on any atom is -0.318 e. The molecule has 1 aliphatic heterocycles. The fraction of sp³-hybridized carbons (Fsp3) is 0.235. The Morgan fingerprint density at radius 2 is 1.82 bits per heavy atom. The van der Waals surface area contributed by atoms with E-state index in [1.165, 1.54) is 5.56 Å². The molecule has 2 aromatic carbocycles. The molecule has 2 aromatic rings. The van der Waals surface area contributed by atoms with Gasteiger partial charge in [0, 0.05) is 15.7 Å². The third-order valence-corrected chi connectivity index (χ3v) is 4.61. The number of rotatable bonds is 3. The average Bonchev–Trinajstić information content (AvgIpc) is 2.53. The second-order valence-electron chi connectivity index (χ2n) is 5.36. The molecule has 0 unspecified atom stereocenters. The van der Waals surface area contributed by atoms with E-state index in [0.29, 0.717) is 10.0 Å². The Hall–Kier alpha value is -1.55. The van der Waals surface area contributed by atoms with Gasteiger partial charge in [0.25, 0.3) is 0 Å². The van der Waals surface area contributed by atoms with Crippen molar-refractivity contribution in [2.24, 2.45) is 5.73 Å². The number of anilines is 1. The van der Waals surface area contributed by atoms with Crippen molar-refractivity contribution in [1.29, 1.82) is 0 Å². The van der Waals surface area contributed by atoms with Crippen LogP contribution in [0.1, 0.15) is 24.1 Å². The van der Waals surface area contributed by atoms with Gasteiger partial charge in [0.05, 0.1) is 6.04 Å². The molecule has 3 nitrogen and oxygen atoms in total. The zero-order valence-corrected chi connectivity index (χ0v) is 13.6. The van der Waals surface area contributed by atoms with Gasteiger partial charge in [-0.15, -0.1) is 0 Å². The molecule has 0 bridgehead atoms. The number of halogens is 2. The molecule has 0 aromatic heterocycles. The van der Waals surface area contributed by atoms with Gasteiger partial charge >= 0.3 is 0 Å². The summed E-state index contributed by atoms with van der Waals surface area (Å²) < 4.78 is 0. The van der Waals surface area contributed by atoms with E-state index in [1.807, 2.05) is 30.3 Å². The Labute approximate surface area is 139 Å². The van der Waals surface area contributed by atoms with Crippen molar-refractivity contribution in [3.05, 3.63) is 63.6 Å². The smallest absolute Gasteiger partial charge is 0.247 e. The second-order valence-corrected chi connectivity index (χ2v) is 6.21. The molecule has 5 heteroatoms. The van der Waals surface area contributed by atoms with Gasteiger partial charge in [-0.25, -0.2) is 0 Å². The van der Waals surface area contributed by atoms with E-state index in [-0.39, 0.29) is 11.9 Å². The van der Waals surface area contributed by atoms with Crippen LogP contribution >= 0.6 is 23.2 Å². The third-order valence-electron chi connectivity index (χ3n) is 4.04. The van der Waals surface area contributed by atoms with Crippen LogP contribution in [0, 0.1) is 0 Å². The zero-order valence-electron chi connectivity index (χ0n) is 12.1. The van der Waals surface area contributed by atoms with Crippen LogP contribution in [0.3, 0.4) is 0 Å². The molecule has 0 radical (unpaired) electrons. The summed E-state index contributed by atoms with van der Waals surface area (Å²) in [7, 11) is 0. The molecule has 22 heavy (non-hydrogen) atoms. The molecule has 2 N–H and O–H groups in total. The normalized spacial score (nSPS) is 20.9. The standard InChI is InChI=1S/C17H16Cl2N2O/c1-2-10-3-6-12(7-4-10)21-16(15(20)17(21)22)13-8-5-11(18)9-14(13)19/h3-9,15-16H,2,20H2,1H3/t15-,16-/m0/s1. The average molecular weight is 335 g/mol. The Balaban J connectivity index is 1.97. The van der Waals surface area contributed by atoms with Crippen LogP contribution < -0.4 is 10.6 Å². The number of hydrogen-bond donors (Lipinski definition) is 1. The molecule has 1 heterocycles. The SMILES string of the molecule is CCc1ccc(N2C(=O)[C@@H](N)[C@@H]2c2ccc(Cl)cc2Cl)cc1. The van der Waals surface area contributed by atoms with Gasteiger partial charge in [0.15, 0.2) is 0 Å². The Kier molecular flexibility index (Phi) is 4.13. The molecule has 1 amide bonds. The molecule has 3 rings (SSSR count). The maximum Gasteiger partial charge on any atom is 0.247 e. The minimum absolute atomic E-state index is 0.0970. The summed E-state index contributed by atoms with van der Waals surface area (Å²) in [6, 6.07) is 12.4. The zero-order chi connectivity index (χ0) is 15.9. The lowest BCUT2D eigenvalue weighted by molar-refractivity contribution is -0.126. The molecular formula is C17H16Cl2N2O. The molecule has 0 spiro atoms. The van der Waals surface area contributed by atoms with Crippen molar-refractivity contribution in [3.8, 4) is 0 Å². The van der Waals surface area contributed by atoms with Gasteiger partial charge in [-0.2, -0.15) is 0 Å². The van der Waals surface area contributed by atoms with E-state index in [0.717, 1.165) is 17.7 Å². The molecular weight excluding hydrogens is 319 g/mol. The molecule has 1 aliphatic rings. The molecule has 0 saturated carbocycles. The number of amides is 1. The molecule has 114 valence electrons. The van der Waals surface area contributed by atoms with Gasteiger partial charge in [0.2, 0.25) is 5.91 Å². The first-order valence-corrected chi connectivity index (χ1v) is 7.91. The van der Waals surface area contributed by atoms with E-state index in [2.05, 4.69) is 6.92 Å². The predicted molar refractivity (Wildman–Crippen MR) is 90.5 cm³/mol. The maximum atomic E-state index is 12.2. The lowest BCUT2D eigenvalue weighted by Crippen LogP contribution is -2.63. The minimum atomic E-state index is -0.579. The number of hydrogen-bond acceptors (Lipinski definition) is 2. The molecule has 1 fully saturated rings. The van der Waals surface area contributed by atoms with Crippen LogP contribution in [0.25, 0.3) is 0 Å². The van der Waals surface area contributed by atoms with Gasteiger partial charge in [-0.1, -0.05) is 48.3 Å². The van der Waals surface area contributed by atoms with E-state index in [4.69, 9.17) is 28.9 Å². The molecule has 0 aliphatic carbocycles. The number of carbonyl (C=O) groups is 1. The van der Waals surface area contributed by atoms with Crippen molar-refractivity contribution in [2.45, 2.75) is 25.4 Å². The van der Waals surface area contributed by atoms with Gasteiger partial charge in [-0.3, -0.25) is 4.79 Å². The fourth-order valence-corrected chi connectivity index (χ4v) is 3.29. The van der Waals surface area contributed by atoms with Crippen LogP contribution in [0.5, 0.6) is 0 Å². The number of nitrogens with two attached hydrogens (primary N) is 1. The largest absolute Gasteiger partial charge is 0.318 e. The van der Waals surface area contributed by atoms with Crippen molar-refractivity contribution in [1.82, 2.24) is 0 Å². The van der Waals surface area contributed by atoms with Crippen molar-refractivity contribution >= 4 is 34.8 Å². The number of nitrogens with zero attached hydrogens (tertiary/aromatic N) is 1. The lowest BCUT2D eigenvalue weighted by atomic mass is 9.88.